The highest BCUT2D eigenvalue weighted by atomic mass is 16.3. The zero-order chi connectivity index (χ0) is 13.7. The van der Waals surface area contributed by atoms with Crippen molar-refractivity contribution in [3.8, 4) is 0 Å². The SMILES string of the molecule is C/C=C\[C@@H](C)[C@@H](O)[C@@H]1C(=O)[C@H](C)C[C@@H]2C1C2(C)C. The quantitative estimate of drug-likeness (QED) is 0.782. The Morgan fingerprint density at radius 1 is 1.44 bits per heavy atom. The van der Waals surface area contributed by atoms with Gasteiger partial charge in [0.05, 0.1) is 6.10 Å². The van der Waals surface area contributed by atoms with Crippen LogP contribution >= 0.6 is 0 Å². The maximum Gasteiger partial charge on any atom is 0.141 e. The minimum absolute atomic E-state index is 0.0614. The van der Waals surface area contributed by atoms with Crippen LogP contribution in [0.25, 0.3) is 0 Å². The first kappa shape index (κ1) is 13.8. The van der Waals surface area contributed by atoms with Gasteiger partial charge in [0.2, 0.25) is 0 Å². The second-order valence-electron chi connectivity index (χ2n) is 6.89. The number of hydrogen-bond donors (Lipinski definition) is 1. The monoisotopic (exact) mass is 250 g/mol. The Bertz CT molecular complexity index is 369. The molecule has 0 aromatic carbocycles. The van der Waals surface area contributed by atoms with Gasteiger partial charge in [-0.25, -0.2) is 0 Å². The van der Waals surface area contributed by atoms with Gasteiger partial charge in [0, 0.05) is 17.8 Å². The molecule has 2 fully saturated rings. The molecule has 6 atom stereocenters. The zero-order valence-corrected chi connectivity index (χ0v) is 12.2. The summed E-state index contributed by atoms with van der Waals surface area (Å²) in [6, 6.07) is 0. The van der Waals surface area contributed by atoms with Crippen molar-refractivity contribution < 1.29 is 9.90 Å². The number of aliphatic hydroxyl groups excluding tert-OH is 1. The van der Waals surface area contributed by atoms with Crippen LogP contribution in [-0.4, -0.2) is 17.0 Å². The molecule has 0 amide bonds. The van der Waals surface area contributed by atoms with Gasteiger partial charge in [-0.05, 0) is 30.6 Å². The molecule has 0 saturated heterocycles. The Morgan fingerprint density at radius 2 is 2.06 bits per heavy atom. The molecule has 0 heterocycles. The molecule has 1 N–H and O–H groups in total. The van der Waals surface area contributed by atoms with E-state index in [1.807, 2.05) is 32.9 Å². The summed E-state index contributed by atoms with van der Waals surface area (Å²) in [6.45, 7) is 10.5. The average Bonchev–Trinajstić information content (AvgIpc) is 2.82. The van der Waals surface area contributed by atoms with Crippen LogP contribution in [0.1, 0.15) is 41.0 Å². The Kier molecular flexibility index (Phi) is 3.44. The molecule has 18 heavy (non-hydrogen) atoms. The molecule has 2 aliphatic rings. The molecule has 2 rings (SSSR count). The third-order valence-corrected chi connectivity index (χ3v) is 5.35. The number of carbonyl (C=O) groups is 1. The highest BCUT2D eigenvalue weighted by molar-refractivity contribution is 5.86. The van der Waals surface area contributed by atoms with Crippen molar-refractivity contribution >= 4 is 5.78 Å². The first-order valence-electron chi connectivity index (χ1n) is 7.17. The van der Waals surface area contributed by atoms with Crippen molar-refractivity contribution in [2.75, 3.05) is 0 Å². The van der Waals surface area contributed by atoms with Crippen LogP contribution in [-0.2, 0) is 4.79 Å². The fourth-order valence-corrected chi connectivity index (χ4v) is 4.08. The molecular formula is C16H26O2. The fourth-order valence-electron chi connectivity index (χ4n) is 4.08. The summed E-state index contributed by atoms with van der Waals surface area (Å²) >= 11 is 0. The first-order valence-corrected chi connectivity index (χ1v) is 7.17. The predicted octanol–water partition coefficient (Wildman–Crippen LogP) is 3.06. The lowest BCUT2D eigenvalue weighted by Gasteiger charge is -2.31. The van der Waals surface area contributed by atoms with Crippen LogP contribution in [0.15, 0.2) is 12.2 Å². The second kappa shape index (κ2) is 4.48. The van der Waals surface area contributed by atoms with Crippen LogP contribution in [0.5, 0.6) is 0 Å². The van der Waals surface area contributed by atoms with Crippen molar-refractivity contribution in [1.82, 2.24) is 0 Å². The molecule has 0 bridgehead atoms. The van der Waals surface area contributed by atoms with Gasteiger partial charge in [0.15, 0.2) is 0 Å². The minimum Gasteiger partial charge on any atom is -0.392 e. The number of rotatable bonds is 3. The van der Waals surface area contributed by atoms with E-state index in [4.69, 9.17) is 0 Å². The second-order valence-corrected chi connectivity index (χ2v) is 6.89. The Morgan fingerprint density at radius 3 is 2.61 bits per heavy atom. The van der Waals surface area contributed by atoms with Gasteiger partial charge >= 0.3 is 0 Å². The third kappa shape index (κ3) is 1.95. The number of Topliss-reactive ketones (excluding diaryl/α,β-unsaturated/α-hetero) is 1. The van der Waals surface area contributed by atoms with Crippen LogP contribution in [0.3, 0.4) is 0 Å². The molecule has 1 unspecified atom stereocenters. The summed E-state index contributed by atoms with van der Waals surface area (Å²) in [4.78, 5) is 12.4. The molecule has 0 aromatic rings. The lowest BCUT2D eigenvalue weighted by molar-refractivity contribution is -0.134. The minimum atomic E-state index is -0.522. The molecule has 0 spiro atoms. The zero-order valence-electron chi connectivity index (χ0n) is 12.2. The standard InChI is InChI=1S/C16H26O2/c1-6-7-9(2)14(17)12-13-11(16(13,4)5)8-10(3)15(12)18/h6-7,9-14,17H,8H2,1-5H3/b7-6-/t9-,10-,11-,12-,13?,14-/m1/s1. The number of aliphatic hydroxyl groups is 1. The molecular weight excluding hydrogens is 224 g/mol. The topological polar surface area (TPSA) is 37.3 Å². The Labute approximate surface area is 110 Å². The smallest absolute Gasteiger partial charge is 0.141 e. The van der Waals surface area contributed by atoms with Crippen molar-refractivity contribution in [3.05, 3.63) is 12.2 Å². The van der Waals surface area contributed by atoms with E-state index in [1.54, 1.807) is 0 Å². The molecule has 2 aliphatic carbocycles. The summed E-state index contributed by atoms with van der Waals surface area (Å²) in [5.74, 6) is 1.33. The summed E-state index contributed by atoms with van der Waals surface area (Å²) in [5.41, 5.74) is 0.238. The average molecular weight is 250 g/mol. The van der Waals surface area contributed by atoms with Crippen LogP contribution in [0, 0.1) is 35.0 Å². The normalized spacial score (nSPS) is 41.6. The first-order chi connectivity index (χ1) is 8.32. The highest BCUT2D eigenvalue weighted by Crippen LogP contribution is 2.67. The van der Waals surface area contributed by atoms with Crippen LogP contribution in [0.4, 0.5) is 0 Å². The lowest BCUT2D eigenvalue weighted by Crippen LogP contribution is -2.40. The Balaban J connectivity index is 2.22. The maximum absolute atomic E-state index is 12.4. The maximum atomic E-state index is 12.4. The van der Waals surface area contributed by atoms with Crippen molar-refractivity contribution in [2.45, 2.75) is 47.1 Å². The predicted molar refractivity (Wildman–Crippen MR) is 73.0 cm³/mol. The number of ketones is 1. The van der Waals surface area contributed by atoms with Gasteiger partial charge in [-0.2, -0.15) is 0 Å². The van der Waals surface area contributed by atoms with E-state index >= 15 is 0 Å². The van der Waals surface area contributed by atoms with E-state index in [0.717, 1.165) is 6.42 Å². The highest BCUT2D eigenvalue weighted by Gasteiger charge is 2.66. The lowest BCUT2D eigenvalue weighted by atomic mass is 9.75. The summed E-state index contributed by atoms with van der Waals surface area (Å²) in [7, 11) is 0. The number of hydrogen-bond acceptors (Lipinski definition) is 2. The van der Waals surface area contributed by atoms with Gasteiger partial charge in [-0.15, -0.1) is 0 Å². The van der Waals surface area contributed by atoms with E-state index in [2.05, 4.69) is 13.8 Å². The largest absolute Gasteiger partial charge is 0.392 e. The van der Waals surface area contributed by atoms with Crippen LogP contribution < -0.4 is 0 Å². The molecule has 0 aliphatic heterocycles. The van der Waals surface area contributed by atoms with Gasteiger partial charge in [-0.3, -0.25) is 4.79 Å². The molecule has 102 valence electrons. The van der Waals surface area contributed by atoms with E-state index in [-0.39, 0.29) is 29.0 Å². The summed E-state index contributed by atoms with van der Waals surface area (Å²) < 4.78 is 0. The van der Waals surface area contributed by atoms with E-state index < -0.39 is 6.10 Å². The Hall–Kier alpha value is -0.630. The van der Waals surface area contributed by atoms with Gasteiger partial charge < -0.3 is 5.11 Å². The molecule has 0 radical (unpaired) electrons. The van der Waals surface area contributed by atoms with Crippen molar-refractivity contribution in [3.63, 3.8) is 0 Å². The molecule has 2 heteroatoms. The summed E-state index contributed by atoms with van der Waals surface area (Å²) in [5, 5.41) is 10.5. The van der Waals surface area contributed by atoms with Gasteiger partial charge in [0.1, 0.15) is 5.78 Å². The van der Waals surface area contributed by atoms with E-state index in [0.29, 0.717) is 11.8 Å². The van der Waals surface area contributed by atoms with Gasteiger partial charge in [0.25, 0.3) is 0 Å². The number of fused-ring (bicyclic) bond motifs is 1. The fraction of sp³-hybridized carbons (Fsp3) is 0.812. The number of allylic oxidation sites excluding steroid dienone is 1. The van der Waals surface area contributed by atoms with E-state index in [9.17, 15) is 9.90 Å². The third-order valence-electron chi connectivity index (χ3n) is 5.35. The summed E-state index contributed by atoms with van der Waals surface area (Å²) in [6.07, 6.45) is 4.45. The van der Waals surface area contributed by atoms with Gasteiger partial charge in [-0.1, -0.05) is 39.8 Å². The number of carbonyl (C=O) groups excluding carboxylic acids is 1. The van der Waals surface area contributed by atoms with Crippen molar-refractivity contribution in [1.29, 1.82) is 0 Å². The molecule has 2 nitrogen and oxygen atoms in total. The van der Waals surface area contributed by atoms with Crippen molar-refractivity contribution in [2.24, 2.45) is 35.0 Å². The molecule has 2 saturated carbocycles. The van der Waals surface area contributed by atoms with E-state index in [1.165, 1.54) is 0 Å². The molecule has 0 aromatic heterocycles. The van der Waals surface area contributed by atoms with Crippen LogP contribution in [0.2, 0.25) is 0 Å².